The van der Waals surface area contributed by atoms with Crippen molar-refractivity contribution in [3.05, 3.63) is 69.8 Å². The van der Waals surface area contributed by atoms with Crippen LogP contribution in [-0.4, -0.2) is 35.2 Å². The molecule has 2 aromatic carbocycles. The van der Waals surface area contributed by atoms with Crippen LogP contribution in [-0.2, 0) is 4.79 Å². The summed E-state index contributed by atoms with van der Waals surface area (Å²) in [6, 6.07) is 12.7. The lowest BCUT2D eigenvalue weighted by Gasteiger charge is -2.25. The second-order valence-electron chi connectivity index (χ2n) is 6.41. The number of benzene rings is 2. The van der Waals surface area contributed by atoms with Crippen molar-refractivity contribution < 1.29 is 19.2 Å². The normalized spacial score (nSPS) is 11.5. The minimum Gasteiger partial charge on any atom is -0.494 e. The van der Waals surface area contributed by atoms with E-state index in [0.29, 0.717) is 23.5 Å². The van der Waals surface area contributed by atoms with Crippen LogP contribution in [0.1, 0.15) is 48.7 Å². The van der Waals surface area contributed by atoms with Crippen molar-refractivity contribution in [1.29, 1.82) is 0 Å². The highest BCUT2D eigenvalue weighted by Crippen LogP contribution is 2.24. The van der Waals surface area contributed by atoms with E-state index in [1.54, 1.807) is 50.4 Å². The molecule has 1 atom stereocenters. The summed E-state index contributed by atoms with van der Waals surface area (Å²) in [6.45, 7) is 4.23. The lowest BCUT2D eigenvalue weighted by molar-refractivity contribution is -0.384. The molecule has 0 radical (unpaired) electrons. The van der Waals surface area contributed by atoms with Crippen molar-refractivity contribution in [2.24, 2.45) is 0 Å². The summed E-state index contributed by atoms with van der Waals surface area (Å²) in [6.07, 6.45) is 0.167. The van der Waals surface area contributed by atoms with E-state index in [-0.39, 0.29) is 36.3 Å². The summed E-state index contributed by atoms with van der Waals surface area (Å²) in [5.41, 5.74) is 1.18. The monoisotopic (exact) mass is 384 g/mol. The Morgan fingerprint density at radius 2 is 1.82 bits per heavy atom. The van der Waals surface area contributed by atoms with E-state index < -0.39 is 4.92 Å². The molecule has 0 fully saturated rings. The predicted molar refractivity (Wildman–Crippen MR) is 105 cm³/mol. The van der Waals surface area contributed by atoms with Crippen LogP contribution in [0, 0.1) is 10.1 Å². The largest absolute Gasteiger partial charge is 0.494 e. The van der Waals surface area contributed by atoms with Crippen molar-refractivity contribution in [2.75, 3.05) is 13.7 Å². The summed E-state index contributed by atoms with van der Waals surface area (Å²) >= 11 is 0. The number of hydrogen-bond acceptors (Lipinski definition) is 5. The van der Waals surface area contributed by atoms with Gasteiger partial charge in [-0.25, -0.2) is 0 Å². The van der Waals surface area contributed by atoms with Crippen LogP contribution in [0.15, 0.2) is 48.5 Å². The fourth-order valence-electron chi connectivity index (χ4n) is 2.78. The highest BCUT2D eigenvalue weighted by atomic mass is 16.6. The maximum Gasteiger partial charge on any atom is 0.269 e. The predicted octanol–water partition coefficient (Wildman–Crippen LogP) is 4.18. The molecule has 0 aliphatic heterocycles. The van der Waals surface area contributed by atoms with Crippen molar-refractivity contribution in [2.45, 2.75) is 32.7 Å². The van der Waals surface area contributed by atoms with Gasteiger partial charge in [0.2, 0.25) is 5.91 Å². The van der Waals surface area contributed by atoms with Crippen LogP contribution in [0.4, 0.5) is 5.69 Å². The summed E-state index contributed by atoms with van der Waals surface area (Å²) in [5, 5.41) is 10.9. The third kappa shape index (κ3) is 5.39. The molecule has 0 bridgehead atoms. The molecule has 0 aliphatic carbocycles. The minimum atomic E-state index is -0.465. The SMILES string of the molecule is CCOc1ccc(C(=O)CCC(=O)N(C)[C@@H](C)c2cccc([N+](=O)[O-])c2)cc1. The summed E-state index contributed by atoms with van der Waals surface area (Å²) in [7, 11) is 1.63. The van der Waals surface area contributed by atoms with Gasteiger partial charge in [0.1, 0.15) is 5.75 Å². The highest BCUT2D eigenvalue weighted by molar-refractivity contribution is 5.98. The Bertz CT molecular complexity index is 848. The molecule has 0 heterocycles. The topological polar surface area (TPSA) is 89.8 Å². The van der Waals surface area contributed by atoms with Crippen molar-refractivity contribution in [3.63, 3.8) is 0 Å². The fourth-order valence-corrected chi connectivity index (χ4v) is 2.78. The van der Waals surface area contributed by atoms with E-state index in [1.807, 2.05) is 6.92 Å². The standard InChI is InChI=1S/C21H24N2O5/c1-4-28-19-10-8-16(9-11-19)20(24)12-13-21(25)22(3)15(2)17-6-5-7-18(14-17)23(26)27/h5-11,14-15H,4,12-13H2,1-3H3/t15-/m0/s1. The van der Waals surface area contributed by atoms with E-state index in [0.717, 1.165) is 0 Å². The fraction of sp³-hybridized carbons (Fsp3) is 0.333. The molecule has 7 nitrogen and oxygen atoms in total. The molecule has 0 aromatic heterocycles. The molecule has 0 unspecified atom stereocenters. The molecule has 0 saturated heterocycles. The van der Waals surface area contributed by atoms with Gasteiger partial charge in [0.05, 0.1) is 17.6 Å². The van der Waals surface area contributed by atoms with Gasteiger partial charge in [0, 0.05) is 37.6 Å². The molecular formula is C21H24N2O5. The quantitative estimate of drug-likeness (QED) is 0.368. The Balaban J connectivity index is 1.95. The molecule has 0 saturated carbocycles. The molecule has 0 aliphatic rings. The first kappa shape index (κ1) is 21.1. The van der Waals surface area contributed by atoms with Crippen molar-refractivity contribution >= 4 is 17.4 Å². The molecule has 1 amide bonds. The van der Waals surface area contributed by atoms with Gasteiger partial charge < -0.3 is 9.64 Å². The van der Waals surface area contributed by atoms with Gasteiger partial charge in [0.15, 0.2) is 5.78 Å². The number of non-ortho nitro benzene ring substituents is 1. The third-order valence-corrected chi connectivity index (χ3v) is 4.59. The first-order chi connectivity index (χ1) is 13.3. The van der Waals surface area contributed by atoms with Gasteiger partial charge in [-0.3, -0.25) is 19.7 Å². The van der Waals surface area contributed by atoms with Gasteiger partial charge in [-0.05, 0) is 43.7 Å². The first-order valence-corrected chi connectivity index (χ1v) is 9.09. The van der Waals surface area contributed by atoms with E-state index in [2.05, 4.69) is 0 Å². The van der Waals surface area contributed by atoms with Gasteiger partial charge in [-0.2, -0.15) is 0 Å². The van der Waals surface area contributed by atoms with Crippen LogP contribution in [0.25, 0.3) is 0 Å². The maximum atomic E-state index is 12.5. The number of ether oxygens (including phenoxy) is 1. The van der Waals surface area contributed by atoms with E-state index in [9.17, 15) is 19.7 Å². The minimum absolute atomic E-state index is 0.0177. The lowest BCUT2D eigenvalue weighted by Crippen LogP contribution is -2.29. The number of nitro benzene ring substituents is 1. The number of nitrogens with zero attached hydrogens (tertiary/aromatic N) is 2. The van der Waals surface area contributed by atoms with Gasteiger partial charge in [-0.1, -0.05) is 12.1 Å². The second kappa shape index (κ2) is 9.64. The molecule has 7 heteroatoms. The molecule has 2 aromatic rings. The van der Waals surface area contributed by atoms with Crippen LogP contribution in [0.3, 0.4) is 0 Å². The Hall–Kier alpha value is -3.22. The van der Waals surface area contributed by atoms with Crippen molar-refractivity contribution in [3.8, 4) is 5.75 Å². The van der Waals surface area contributed by atoms with Crippen LogP contribution >= 0.6 is 0 Å². The number of hydrogen-bond donors (Lipinski definition) is 0. The smallest absolute Gasteiger partial charge is 0.269 e. The summed E-state index contributed by atoms with van der Waals surface area (Å²) in [4.78, 5) is 36.8. The number of amides is 1. The zero-order valence-electron chi connectivity index (χ0n) is 16.3. The third-order valence-electron chi connectivity index (χ3n) is 4.59. The van der Waals surface area contributed by atoms with E-state index in [1.165, 1.54) is 17.0 Å². The Labute approximate surface area is 164 Å². The van der Waals surface area contributed by atoms with E-state index >= 15 is 0 Å². The molecule has 0 N–H and O–H groups in total. The molecule has 0 spiro atoms. The Kier molecular flexibility index (Phi) is 7.26. The summed E-state index contributed by atoms with van der Waals surface area (Å²) in [5.74, 6) is 0.381. The average Bonchev–Trinajstić information content (AvgIpc) is 2.71. The zero-order chi connectivity index (χ0) is 20.7. The first-order valence-electron chi connectivity index (χ1n) is 9.09. The zero-order valence-corrected chi connectivity index (χ0v) is 16.3. The Morgan fingerprint density at radius 1 is 1.14 bits per heavy atom. The van der Waals surface area contributed by atoms with Crippen LogP contribution in [0.5, 0.6) is 5.75 Å². The van der Waals surface area contributed by atoms with Gasteiger partial charge >= 0.3 is 0 Å². The number of nitro groups is 1. The number of ketones is 1. The molecular weight excluding hydrogens is 360 g/mol. The maximum absolute atomic E-state index is 12.5. The number of rotatable bonds is 9. The molecule has 28 heavy (non-hydrogen) atoms. The second-order valence-corrected chi connectivity index (χ2v) is 6.41. The molecule has 148 valence electrons. The summed E-state index contributed by atoms with van der Waals surface area (Å²) < 4.78 is 5.35. The van der Waals surface area contributed by atoms with Crippen molar-refractivity contribution in [1.82, 2.24) is 4.90 Å². The Morgan fingerprint density at radius 3 is 2.43 bits per heavy atom. The van der Waals surface area contributed by atoms with Crippen LogP contribution in [0.2, 0.25) is 0 Å². The molecule has 2 rings (SSSR count). The number of Topliss-reactive ketones (excluding diaryl/α,β-unsaturated/α-hetero) is 1. The van der Waals surface area contributed by atoms with Crippen LogP contribution < -0.4 is 4.74 Å². The van der Waals surface area contributed by atoms with Gasteiger partial charge in [0.25, 0.3) is 5.69 Å². The number of carbonyl (C=O) groups excluding carboxylic acids is 2. The number of carbonyl (C=O) groups is 2. The van der Waals surface area contributed by atoms with Gasteiger partial charge in [-0.15, -0.1) is 0 Å². The van der Waals surface area contributed by atoms with E-state index in [4.69, 9.17) is 4.74 Å². The highest BCUT2D eigenvalue weighted by Gasteiger charge is 2.20. The average molecular weight is 384 g/mol. The lowest BCUT2D eigenvalue weighted by atomic mass is 10.0.